The van der Waals surface area contributed by atoms with Gasteiger partial charge in [0.1, 0.15) is 0 Å². The van der Waals surface area contributed by atoms with E-state index in [2.05, 4.69) is 190 Å². The number of pyridine rings is 8. The molecule has 16 aromatic rings. The Morgan fingerprint density at radius 3 is 0.714 bits per heavy atom. The van der Waals surface area contributed by atoms with Gasteiger partial charge in [-0.3, -0.25) is 39.9 Å². The third-order valence-electron chi connectivity index (χ3n) is 15.8. The molecule has 16 rings (SSSR count). The third kappa shape index (κ3) is 8.83. The van der Waals surface area contributed by atoms with Crippen LogP contribution in [-0.2, 0) is 0 Å². The van der Waals surface area contributed by atoms with Crippen molar-refractivity contribution in [2.75, 3.05) is 0 Å². The van der Waals surface area contributed by atoms with Crippen molar-refractivity contribution in [3.63, 3.8) is 0 Å². The number of fused-ring (bicyclic) bond motifs is 6. The highest BCUT2D eigenvalue weighted by Crippen LogP contribution is 2.48. The Bertz CT molecular complexity index is 4670. The molecule has 0 saturated carbocycles. The van der Waals surface area contributed by atoms with E-state index < -0.39 is 0 Å². The average Bonchev–Trinajstić information content (AvgIpc) is 1.50. The maximum Gasteiger partial charge on any atom is 0.0964 e. The summed E-state index contributed by atoms with van der Waals surface area (Å²) in [6, 6.07) is 83.8. The van der Waals surface area contributed by atoms with Gasteiger partial charge >= 0.3 is 0 Å². The molecule has 0 radical (unpaired) electrons. The van der Waals surface area contributed by atoms with Crippen molar-refractivity contribution in [3.8, 4) is 90.1 Å². The van der Waals surface area contributed by atoms with Crippen LogP contribution in [0.25, 0.3) is 155 Å². The van der Waals surface area contributed by atoms with Crippen molar-refractivity contribution < 1.29 is 0 Å². The monoisotopic (exact) mass is 1070 g/mol. The molecule has 0 amide bonds. The third-order valence-corrected chi connectivity index (χ3v) is 15.8. The van der Waals surface area contributed by atoms with E-state index in [0.717, 1.165) is 89.4 Å². The first-order valence-electron chi connectivity index (χ1n) is 27.9. The largest absolute Gasteiger partial charge is 0.255 e. The zero-order valence-corrected chi connectivity index (χ0v) is 45.3. The molecular formula is C76H48N8. The van der Waals surface area contributed by atoms with Crippen molar-refractivity contribution in [3.05, 3.63) is 292 Å². The first-order chi connectivity index (χ1) is 41.7. The van der Waals surface area contributed by atoms with Crippen LogP contribution in [0.2, 0.25) is 0 Å². The predicted molar refractivity (Wildman–Crippen MR) is 344 cm³/mol. The molecule has 0 aliphatic rings. The number of hydrogen-bond acceptors (Lipinski definition) is 8. The van der Waals surface area contributed by atoms with Gasteiger partial charge in [0.15, 0.2) is 0 Å². The van der Waals surface area contributed by atoms with Crippen LogP contribution in [0.3, 0.4) is 0 Å². The van der Waals surface area contributed by atoms with E-state index in [4.69, 9.17) is 19.9 Å². The molecular weight excluding hydrogens is 1020 g/mol. The molecule has 8 heterocycles. The summed E-state index contributed by atoms with van der Waals surface area (Å²) in [4.78, 5) is 37.8. The molecule has 8 heteroatoms. The minimum Gasteiger partial charge on any atom is -0.255 e. The molecule has 0 aliphatic carbocycles. The van der Waals surface area contributed by atoms with Crippen LogP contribution in [0, 0.1) is 0 Å². The Balaban J connectivity index is 0.000000146. The zero-order valence-electron chi connectivity index (χ0n) is 45.3. The lowest BCUT2D eigenvalue weighted by Gasteiger charge is -2.20. The molecule has 0 atom stereocenters. The molecule has 0 aliphatic heterocycles. The lowest BCUT2D eigenvalue weighted by molar-refractivity contribution is 1.25. The number of nitrogens with zero attached hydrogens (tertiary/aromatic N) is 8. The van der Waals surface area contributed by atoms with Crippen LogP contribution < -0.4 is 0 Å². The summed E-state index contributed by atoms with van der Waals surface area (Å²) in [7, 11) is 0. The normalized spacial score (nSPS) is 11.3. The van der Waals surface area contributed by atoms with Crippen molar-refractivity contribution in [2.24, 2.45) is 0 Å². The van der Waals surface area contributed by atoms with Crippen molar-refractivity contribution in [2.45, 2.75) is 0 Å². The van der Waals surface area contributed by atoms with E-state index in [1.54, 1.807) is 12.4 Å². The molecule has 0 unspecified atom stereocenters. The Morgan fingerprint density at radius 2 is 0.429 bits per heavy atom. The van der Waals surface area contributed by atoms with Gasteiger partial charge in [0.2, 0.25) is 0 Å². The van der Waals surface area contributed by atoms with E-state index in [1.165, 1.54) is 65.3 Å². The quantitative estimate of drug-likeness (QED) is 0.139. The van der Waals surface area contributed by atoms with Gasteiger partial charge in [0, 0.05) is 82.6 Å². The van der Waals surface area contributed by atoms with E-state index >= 15 is 0 Å². The summed E-state index contributed by atoms with van der Waals surface area (Å²) in [5, 5.41) is 13.9. The minimum atomic E-state index is 0.860. The standard InChI is InChI=1S/C42H26N4.C34H22N4/c1-7-19-33-27(13-1)35(25-45-41(33)37-21-9-11-23-43-37)39-29-15-3-5-17-31(29)40(32-18-6-4-16-30(32)39)36-26-46-42(38-22-10-12-24-44-38)34-20-8-2-14-28(34)36;1-2-10-26-25(9-1)33(23-15-17-31(37-21-23)29-13-5-7-19-35-29)27-11-3-4-12-28(27)34(26)24-16-18-32(38-22-24)30-14-6-8-20-36-30/h1-26H;1-22H. The van der Waals surface area contributed by atoms with Gasteiger partial charge in [-0.25, -0.2) is 0 Å². The summed E-state index contributed by atoms with van der Waals surface area (Å²) in [6.45, 7) is 0. The van der Waals surface area contributed by atoms with Gasteiger partial charge in [-0.1, -0.05) is 182 Å². The van der Waals surface area contributed by atoms with Crippen molar-refractivity contribution in [1.29, 1.82) is 0 Å². The Hall–Kier alpha value is -11.5. The fraction of sp³-hybridized carbons (Fsp3) is 0. The summed E-state index contributed by atoms with van der Waals surface area (Å²) in [5.74, 6) is 0. The second kappa shape index (κ2) is 21.5. The molecule has 0 saturated heterocycles. The second-order valence-electron chi connectivity index (χ2n) is 20.5. The Morgan fingerprint density at radius 1 is 0.167 bits per heavy atom. The highest BCUT2D eigenvalue weighted by Gasteiger charge is 2.23. The van der Waals surface area contributed by atoms with Gasteiger partial charge in [0.05, 0.1) is 45.6 Å². The number of aromatic nitrogens is 8. The average molecular weight is 1070 g/mol. The molecule has 8 aromatic carbocycles. The van der Waals surface area contributed by atoms with Gasteiger partial charge < -0.3 is 0 Å². The molecule has 392 valence electrons. The Labute approximate surface area is 484 Å². The maximum absolute atomic E-state index is 5.05. The predicted octanol–water partition coefficient (Wildman–Crippen LogP) is 18.8. The molecule has 84 heavy (non-hydrogen) atoms. The number of hydrogen-bond donors (Lipinski definition) is 0. The van der Waals surface area contributed by atoms with E-state index in [9.17, 15) is 0 Å². The van der Waals surface area contributed by atoms with E-state index in [1.807, 2.05) is 110 Å². The second-order valence-corrected chi connectivity index (χ2v) is 20.5. The van der Waals surface area contributed by atoms with Gasteiger partial charge in [0.25, 0.3) is 0 Å². The maximum atomic E-state index is 5.05. The molecule has 0 spiro atoms. The molecule has 8 aromatic heterocycles. The number of rotatable bonds is 8. The zero-order chi connectivity index (χ0) is 55.8. The summed E-state index contributed by atoms with van der Waals surface area (Å²) in [6.07, 6.45) is 15.2. The molecule has 0 fully saturated rings. The smallest absolute Gasteiger partial charge is 0.0964 e. The van der Waals surface area contributed by atoms with Crippen LogP contribution in [0.5, 0.6) is 0 Å². The van der Waals surface area contributed by atoms with Gasteiger partial charge in [-0.2, -0.15) is 0 Å². The SMILES string of the molecule is c1ccc(-c2ccc(-c3c4ccccc4c(-c4ccc(-c5ccccn5)nc4)c4ccccc34)cn2)nc1.c1ccc(-c2ncc(-c3c4ccccc4c(-c4cnc(-c5ccccn5)c5ccccc45)c4ccccc34)c3ccccc23)nc1. The van der Waals surface area contributed by atoms with Crippen molar-refractivity contribution in [1.82, 2.24) is 39.9 Å². The van der Waals surface area contributed by atoms with Gasteiger partial charge in [-0.15, -0.1) is 0 Å². The lowest BCUT2D eigenvalue weighted by Crippen LogP contribution is -1.96. The van der Waals surface area contributed by atoms with Gasteiger partial charge in [-0.05, 0) is 137 Å². The minimum absolute atomic E-state index is 0.860. The highest BCUT2D eigenvalue weighted by molar-refractivity contribution is 6.26. The van der Waals surface area contributed by atoms with Crippen molar-refractivity contribution >= 4 is 64.6 Å². The Kier molecular flexibility index (Phi) is 12.7. The highest BCUT2D eigenvalue weighted by atomic mass is 14.8. The van der Waals surface area contributed by atoms with Crippen LogP contribution in [0.1, 0.15) is 0 Å². The van der Waals surface area contributed by atoms with Crippen LogP contribution >= 0.6 is 0 Å². The van der Waals surface area contributed by atoms with Crippen LogP contribution in [0.4, 0.5) is 0 Å². The lowest BCUT2D eigenvalue weighted by atomic mass is 9.84. The molecule has 0 N–H and O–H groups in total. The van der Waals surface area contributed by atoms with Crippen LogP contribution in [-0.4, -0.2) is 39.9 Å². The first kappa shape index (κ1) is 49.6. The summed E-state index contributed by atoms with van der Waals surface area (Å²) < 4.78 is 0. The van der Waals surface area contributed by atoms with E-state index in [0.29, 0.717) is 0 Å². The molecule has 8 nitrogen and oxygen atoms in total. The fourth-order valence-corrected chi connectivity index (χ4v) is 12.1. The topological polar surface area (TPSA) is 103 Å². The summed E-state index contributed by atoms with van der Waals surface area (Å²) in [5.41, 5.74) is 16.0. The summed E-state index contributed by atoms with van der Waals surface area (Å²) >= 11 is 0. The fourth-order valence-electron chi connectivity index (χ4n) is 12.1. The van der Waals surface area contributed by atoms with E-state index in [-0.39, 0.29) is 0 Å². The first-order valence-corrected chi connectivity index (χ1v) is 27.9. The number of benzene rings is 8. The van der Waals surface area contributed by atoms with Crippen LogP contribution in [0.15, 0.2) is 292 Å². The molecule has 0 bridgehead atoms.